The molecule has 2 fully saturated rings. The standard InChI is InChI=1S/C21H21F2N3O2/c22-16-6-7-18(17(23)12-16)26-20(27)13-19(21(26)28)25-10-8-24(9-11-25)14-15-4-2-1-3-5-15/h1-7,12,19H,8-11,13-14H2/t19-/m1/s1. The smallest absolute Gasteiger partial charge is 0.251 e. The monoisotopic (exact) mass is 385 g/mol. The summed E-state index contributed by atoms with van der Waals surface area (Å²) in [5, 5.41) is 0. The number of hydrogen-bond donors (Lipinski definition) is 0. The fourth-order valence-corrected chi connectivity index (χ4v) is 3.89. The van der Waals surface area contributed by atoms with Crippen molar-refractivity contribution in [2.45, 2.75) is 19.0 Å². The van der Waals surface area contributed by atoms with Crippen molar-refractivity contribution in [2.75, 3.05) is 31.1 Å². The van der Waals surface area contributed by atoms with Crippen LogP contribution in [0, 0.1) is 11.6 Å². The van der Waals surface area contributed by atoms with Gasteiger partial charge < -0.3 is 0 Å². The van der Waals surface area contributed by atoms with E-state index >= 15 is 0 Å². The van der Waals surface area contributed by atoms with Gasteiger partial charge in [0, 0.05) is 38.8 Å². The summed E-state index contributed by atoms with van der Waals surface area (Å²) in [4.78, 5) is 30.4. The van der Waals surface area contributed by atoms with Crippen molar-refractivity contribution in [1.82, 2.24) is 9.80 Å². The predicted octanol–water partition coefficient (Wildman–Crippen LogP) is 2.41. The van der Waals surface area contributed by atoms with Crippen LogP contribution in [-0.4, -0.2) is 53.8 Å². The molecule has 1 atom stereocenters. The minimum Gasteiger partial charge on any atom is -0.297 e. The van der Waals surface area contributed by atoms with Crippen molar-refractivity contribution in [1.29, 1.82) is 0 Å². The van der Waals surface area contributed by atoms with E-state index in [0.717, 1.165) is 36.7 Å². The summed E-state index contributed by atoms with van der Waals surface area (Å²) in [6, 6.07) is 12.5. The highest BCUT2D eigenvalue weighted by Crippen LogP contribution is 2.29. The zero-order chi connectivity index (χ0) is 19.7. The molecule has 0 aromatic heterocycles. The summed E-state index contributed by atoms with van der Waals surface area (Å²) >= 11 is 0. The lowest BCUT2D eigenvalue weighted by Crippen LogP contribution is -2.52. The number of carbonyl (C=O) groups excluding carboxylic acids is 2. The van der Waals surface area contributed by atoms with E-state index in [4.69, 9.17) is 0 Å². The highest BCUT2D eigenvalue weighted by molar-refractivity contribution is 6.22. The second kappa shape index (κ2) is 7.77. The van der Waals surface area contributed by atoms with Gasteiger partial charge in [-0.1, -0.05) is 30.3 Å². The number of imide groups is 1. The van der Waals surface area contributed by atoms with E-state index < -0.39 is 29.5 Å². The Labute approximate surface area is 162 Å². The Balaban J connectivity index is 1.41. The van der Waals surface area contributed by atoms with Crippen LogP contribution in [0.3, 0.4) is 0 Å². The average Bonchev–Trinajstić information content (AvgIpc) is 2.98. The molecule has 2 saturated heterocycles. The Morgan fingerprint density at radius 1 is 0.929 bits per heavy atom. The fraction of sp³-hybridized carbons (Fsp3) is 0.333. The van der Waals surface area contributed by atoms with Crippen molar-refractivity contribution in [3.8, 4) is 0 Å². The number of amides is 2. The zero-order valence-corrected chi connectivity index (χ0v) is 15.4. The topological polar surface area (TPSA) is 43.9 Å². The Kier molecular flexibility index (Phi) is 5.19. The van der Waals surface area contributed by atoms with Crippen LogP contribution in [0.25, 0.3) is 0 Å². The highest BCUT2D eigenvalue weighted by Gasteiger charge is 2.44. The molecule has 2 aromatic carbocycles. The average molecular weight is 385 g/mol. The molecule has 2 amide bonds. The van der Waals surface area contributed by atoms with Gasteiger partial charge in [-0.3, -0.25) is 19.4 Å². The van der Waals surface area contributed by atoms with Crippen molar-refractivity contribution in [3.63, 3.8) is 0 Å². The molecule has 4 rings (SSSR count). The Morgan fingerprint density at radius 3 is 2.32 bits per heavy atom. The molecule has 0 bridgehead atoms. The van der Waals surface area contributed by atoms with Crippen LogP contribution >= 0.6 is 0 Å². The number of halogens is 2. The van der Waals surface area contributed by atoms with E-state index in [-0.39, 0.29) is 12.1 Å². The van der Waals surface area contributed by atoms with Crippen molar-refractivity contribution >= 4 is 17.5 Å². The third-order valence-electron chi connectivity index (χ3n) is 5.37. The van der Waals surface area contributed by atoms with Gasteiger partial charge in [0.25, 0.3) is 5.91 Å². The maximum atomic E-state index is 14.1. The lowest BCUT2D eigenvalue weighted by molar-refractivity contribution is -0.123. The third kappa shape index (κ3) is 3.68. The largest absolute Gasteiger partial charge is 0.297 e. The molecule has 0 saturated carbocycles. The van der Waals surface area contributed by atoms with Crippen LogP contribution in [0.1, 0.15) is 12.0 Å². The van der Waals surface area contributed by atoms with Crippen molar-refractivity contribution < 1.29 is 18.4 Å². The summed E-state index contributed by atoms with van der Waals surface area (Å²) in [6.45, 7) is 3.75. The molecule has 146 valence electrons. The zero-order valence-electron chi connectivity index (χ0n) is 15.4. The second-order valence-corrected chi connectivity index (χ2v) is 7.18. The van der Waals surface area contributed by atoms with E-state index in [9.17, 15) is 18.4 Å². The van der Waals surface area contributed by atoms with Crippen LogP contribution in [0.2, 0.25) is 0 Å². The van der Waals surface area contributed by atoms with Gasteiger partial charge in [0.2, 0.25) is 5.91 Å². The second-order valence-electron chi connectivity index (χ2n) is 7.18. The molecule has 2 aromatic rings. The number of nitrogens with zero attached hydrogens (tertiary/aromatic N) is 3. The molecule has 0 unspecified atom stereocenters. The van der Waals surface area contributed by atoms with Crippen LogP contribution in [0.15, 0.2) is 48.5 Å². The molecule has 0 aliphatic carbocycles. The van der Waals surface area contributed by atoms with E-state index in [1.807, 2.05) is 23.1 Å². The third-order valence-corrected chi connectivity index (χ3v) is 5.37. The van der Waals surface area contributed by atoms with Gasteiger partial charge in [0.05, 0.1) is 18.2 Å². The number of anilines is 1. The lowest BCUT2D eigenvalue weighted by atomic mass is 10.1. The summed E-state index contributed by atoms with van der Waals surface area (Å²) in [5.74, 6) is -2.54. The van der Waals surface area contributed by atoms with Gasteiger partial charge in [0.15, 0.2) is 0 Å². The number of hydrogen-bond acceptors (Lipinski definition) is 4. The Bertz CT molecular complexity index is 882. The van der Waals surface area contributed by atoms with Crippen LogP contribution in [0.4, 0.5) is 14.5 Å². The van der Waals surface area contributed by atoms with E-state index in [2.05, 4.69) is 17.0 Å². The first kappa shape index (κ1) is 18.7. The molecule has 0 N–H and O–H groups in total. The van der Waals surface area contributed by atoms with Gasteiger partial charge in [-0.15, -0.1) is 0 Å². The Morgan fingerprint density at radius 2 is 1.64 bits per heavy atom. The number of carbonyl (C=O) groups is 2. The summed E-state index contributed by atoms with van der Waals surface area (Å²) in [5.41, 5.74) is 1.06. The molecule has 7 heteroatoms. The molecule has 5 nitrogen and oxygen atoms in total. The van der Waals surface area contributed by atoms with Gasteiger partial charge in [-0.05, 0) is 17.7 Å². The number of benzene rings is 2. The highest BCUT2D eigenvalue weighted by atomic mass is 19.1. The first-order valence-electron chi connectivity index (χ1n) is 9.35. The van der Waals surface area contributed by atoms with Gasteiger partial charge in [-0.25, -0.2) is 13.7 Å². The molecular formula is C21H21F2N3O2. The van der Waals surface area contributed by atoms with E-state index in [1.54, 1.807) is 0 Å². The maximum Gasteiger partial charge on any atom is 0.251 e. The van der Waals surface area contributed by atoms with Crippen LogP contribution in [-0.2, 0) is 16.1 Å². The summed E-state index contributed by atoms with van der Waals surface area (Å²) in [7, 11) is 0. The van der Waals surface area contributed by atoms with E-state index in [1.165, 1.54) is 5.56 Å². The molecule has 2 aliphatic heterocycles. The van der Waals surface area contributed by atoms with Crippen LogP contribution < -0.4 is 4.90 Å². The minimum absolute atomic E-state index is 0.0222. The minimum atomic E-state index is -0.907. The van der Waals surface area contributed by atoms with Crippen molar-refractivity contribution in [3.05, 3.63) is 65.7 Å². The molecule has 2 aliphatic rings. The van der Waals surface area contributed by atoms with Gasteiger partial charge >= 0.3 is 0 Å². The normalized spacial score (nSPS) is 21.5. The molecule has 0 spiro atoms. The quantitative estimate of drug-likeness (QED) is 0.759. The predicted molar refractivity (Wildman–Crippen MR) is 101 cm³/mol. The molecule has 28 heavy (non-hydrogen) atoms. The summed E-state index contributed by atoms with van der Waals surface area (Å²) < 4.78 is 27.2. The first-order valence-corrected chi connectivity index (χ1v) is 9.35. The maximum absolute atomic E-state index is 14.1. The Hall–Kier alpha value is -2.64. The van der Waals surface area contributed by atoms with Gasteiger partial charge in [-0.2, -0.15) is 0 Å². The number of piperazine rings is 1. The lowest BCUT2D eigenvalue weighted by Gasteiger charge is -2.37. The van der Waals surface area contributed by atoms with Crippen LogP contribution in [0.5, 0.6) is 0 Å². The first-order chi connectivity index (χ1) is 13.5. The summed E-state index contributed by atoms with van der Waals surface area (Å²) in [6.07, 6.45) is 0.0222. The molecule has 0 radical (unpaired) electrons. The fourth-order valence-electron chi connectivity index (χ4n) is 3.89. The van der Waals surface area contributed by atoms with Crippen molar-refractivity contribution in [2.24, 2.45) is 0 Å². The SMILES string of the molecule is O=C1C[C@@H](N2CCN(Cc3ccccc3)CC2)C(=O)N1c1ccc(F)cc1F. The molecular weight excluding hydrogens is 364 g/mol. The van der Waals surface area contributed by atoms with E-state index in [0.29, 0.717) is 19.2 Å². The number of rotatable bonds is 4. The molecule has 2 heterocycles. The van der Waals surface area contributed by atoms with Gasteiger partial charge in [0.1, 0.15) is 11.6 Å².